The lowest BCUT2D eigenvalue weighted by Crippen LogP contribution is -2.38. The summed E-state index contributed by atoms with van der Waals surface area (Å²) < 4.78 is 1.73. The zero-order chi connectivity index (χ0) is 13.3. The summed E-state index contributed by atoms with van der Waals surface area (Å²) in [6.07, 6.45) is 1.95. The SMILES string of the molecule is C[Si](C)(C)c1cn(-c2ccc(Cl)c(CO)c2)nn1. The highest BCUT2D eigenvalue weighted by Gasteiger charge is 2.20. The van der Waals surface area contributed by atoms with Crippen LogP contribution >= 0.6 is 11.6 Å². The third kappa shape index (κ3) is 2.63. The zero-order valence-electron chi connectivity index (χ0n) is 10.7. The van der Waals surface area contributed by atoms with E-state index in [-0.39, 0.29) is 6.61 Å². The van der Waals surface area contributed by atoms with E-state index in [2.05, 4.69) is 30.0 Å². The Hall–Kier alpha value is -1.17. The molecule has 0 bridgehead atoms. The highest BCUT2D eigenvalue weighted by Crippen LogP contribution is 2.19. The van der Waals surface area contributed by atoms with Crippen LogP contribution < -0.4 is 5.32 Å². The van der Waals surface area contributed by atoms with E-state index in [1.807, 2.05) is 18.3 Å². The number of aliphatic hydroxyl groups excluding tert-OH is 1. The van der Waals surface area contributed by atoms with Crippen LogP contribution in [0.15, 0.2) is 24.4 Å². The molecule has 0 fully saturated rings. The van der Waals surface area contributed by atoms with E-state index in [0.29, 0.717) is 10.6 Å². The Morgan fingerprint density at radius 3 is 2.61 bits per heavy atom. The molecule has 0 atom stereocenters. The first kappa shape index (κ1) is 13.3. The van der Waals surface area contributed by atoms with Crippen molar-refractivity contribution in [3.8, 4) is 5.69 Å². The van der Waals surface area contributed by atoms with E-state index >= 15 is 0 Å². The van der Waals surface area contributed by atoms with Gasteiger partial charge < -0.3 is 5.11 Å². The molecule has 0 unspecified atom stereocenters. The van der Waals surface area contributed by atoms with Crippen LogP contribution in [-0.2, 0) is 6.61 Å². The predicted molar refractivity (Wildman–Crippen MR) is 75.3 cm³/mol. The molecule has 4 nitrogen and oxygen atoms in total. The van der Waals surface area contributed by atoms with Crippen LogP contribution in [0, 0.1) is 0 Å². The van der Waals surface area contributed by atoms with E-state index in [4.69, 9.17) is 11.6 Å². The maximum Gasteiger partial charge on any atom is 0.106 e. The summed E-state index contributed by atoms with van der Waals surface area (Å²) in [5.74, 6) is 0. The van der Waals surface area contributed by atoms with Crippen LogP contribution in [0.2, 0.25) is 24.7 Å². The van der Waals surface area contributed by atoms with E-state index < -0.39 is 8.07 Å². The molecule has 6 heteroatoms. The third-order valence-corrected chi connectivity index (χ3v) is 4.86. The van der Waals surface area contributed by atoms with Crippen molar-refractivity contribution in [1.82, 2.24) is 15.0 Å². The quantitative estimate of drug-likeness (QED) is 0.875. The molecule has 0 saturated carbocycles. The van der Waals surface area contributed by atoms with Crippen LogP contribution in [-0.4, -0.2) is 28.2 Å². The predicted octanol–water partition coefficient (Wildman–Crippen LogP) is 1.96. The fourth-order valence-corrected chi connectivity index (χ4v) is 2.59. The molecule has 96 valence electrons. The Morgan fingerprint density at radius 1 is 1.33 bits per heavy atom. The van der Waals surface area contributed by atoms with Crippen LogP contribution in [0.25, 0.3) is 5.69 Å². The standard InChI is InChI=1S/C12H16ClN3OSi/c1-18(2,3)12-7-16(15-14-12)10-4-5-11(13)9(6-10)8-17/h4-7,17H,8H2,1-3H3. The minimum Gasteiger partial charge on any atom is -0.392 e. The van der Waals surface area contributed by atoms with Gasteiger partial charge in [0.1, 0.15) is 8.07 Å². The number of halogens is 1. The second-order valence-corrected chi connectivity index (χ2v) is 10.7. The van der Waals surface area contributed by atoms with Gasteiger partial charge in [0.25, 0.3) is 0 Å². The van der Waals surface area contributed by atoms with E-state index in [0.717, 1.165) is 11.0 Å². The molecule has 2 aromatic rings. The summed E-state index contributed by atoms with van der Waals surface area (Å²) in [6, 6.07) is 5.45. The molecule has 0 aliphatic rings. The molecule has 0 saturated heterocycles. The van der Waals surface area contributed by atoms with E-state index in [1.54, 1.807) is 10.7 Å². The minimum atomic E-state index is -1.45. The first-order valence-electron chi connectivity index (χ1n) is 5.74. The first-order valence-corrected chi connectivity index (χ1v) is 9.62. The van der Waals surface area contributed by atoms with Gasteiger partial charge in [0, 0.05) is 11.2 Å². The molecule has 0 aliphatic carbocycles. The summed E-state index contributed by atoms with van der Waals surface area (Å²) in [4.78, 5) is 0. The van der Waals surface area contributed by atoms with E-state index in [1.165, 1.54) is 0 Å². The van der Waals surface area contributed by atoms with Gasteiger partial charge in [-0.05, 0) is 23.8 Å². The number of aromatic nitrogens is 3. The van der Waals surface area contributed by atoms with Gasteiger partial charge in [-0.2, -0.15) is 0 Å². The normalized spacial score (nSPS) is 11.8. The maximum atomic E-state index is 9.20. The number of rotatable bonds is 3. The fourth-order valence-electron chi connectivity index (χ4n) is 1.56. The summed E-state index contributed by atoms with van der Waals surface area (Å²) in [5.41, 5.74) is 1.56. The Morgan fingerprint density at radius 2 is 2.06 bits per heavy atom. The molecule has 0 spiro atoms. The molecule has 2 rings (SSSR count). The number of hydrogen-bond acceptors (Lipinski definition) is 3. The molecule has 0 aliphatic heterocycles. The lowest BCUT2D eigenvalue weighted by Gasteiger charge is -2.10. The van der Waals surface area contributed by atoms with Crippen molar-refractivity contribution in [1.29, 1.82) is 0 Å². The number of aliphatic hydroxyl groups is 1. The highest BCUT2D eigenvalue weighted by molar-refractivity contribution is 6.88. The molecule has 1 aromatic heterocycles. The van der Waals surface area contributed by atoms with Crippen molar-refractivity contribution >= 4 is 25.0 Å². The van der Waals surface area contributed by atoms with Crippen LogP contribution in [0.5, 0.6) is 0 Å². The largest absolute Gasteiger partial charge is 0.392 e. The molecule has 0 amide bonds. The van der Waals surface area contributed by atoms with Gasteiger partial charge in [0.2, 0.25) is 0 Å². The van der Waals surface area contributed by atoms with Crippen molar-refractivity contribution in [3.63, 3.8) is 0 Å². The molecular weight excluding hydrogens is 266 g/mol. The lowest BCUT2D eigenvalue weighted by molar-refractivity contribution is 0.282. The van der Waals surface area contributed by atoms with E-state index in [9.17, 15) is 5.11 Å². The number of benzene rings is 1. The van der Waals surface area contributed by atoms with Crippen LogP contribution in [0.1, 0.15) is 5.56 Å². The van der Waals surface area contributed by atoms with Crippen molar-refractivity contribution in [2.24, 2.45) is 0 Å². The minimum absolute atomic E-state index is 0.0811. The van der Waals surface area contributed by atoms with Gasteiger partial charge in [0.15, 0.2) is 0 Å². The smallest absolute Gasteiger partial charge is 0.106 e. The average Bonchev–Trinajstić information content (AvgIpc) is 2.78. The lowest BCUT2D eigenvalue weighted by atomic mass is 10.2. The molecule has 1 aromatic carbocycles. The van der Waals surface area contributed by atoms with Gasteiger partial charge in [-0.3, -0.25) is 0 Å². The van der Waals surface area contributed by atoms with Crippen molar-refractivity contribution in [2.75, 3.05) is 0 Å². The van der Waals surface area contributed by atoms with Gasteiger partial charge in [-0.1, -0.05) is 36.5 Å². The first-order chi connectivity index (χ1) is 8.41. The number of hydrogen-bond donors (Lipinski definition) is 1. The highest BCUT2D eigenvalue weighted by atomic mass is 35.5. The summed E-state index contributed by atoms with van der Waals surface area (Å²) in [6.45, 7) is 6.59. The van der Waals surface area contributed by atoms with Gasteiger partial charge in [-0.25, -0.2) is 4.68 Å². The molecular formula is C12H16ClN3OSi. The Bertz CT molecular complexity index is 563. The monoisotopic (exact) mass is 281 g/mol. The van der Waals surface area contributed by atoms with Gasteiger partial charge in [0.05, 0.1) is 17.6 Å². The Balaban J connectivity index is 2.40. The third-order valence-electron chi connectivity index (χ3n) is 2.73. The summed E-state index contributed by atoms with van der Waals surface area (Å²) in [5, 5.41) is 19.2. The van der Waals surface area contributed by atoms with Crippen LogP contribution in [0.4, 0.5) is 0 Å². The van der Waals surface area contributed by atoms with Gasteiger partial charge in [-0.15, -0.1) is 5.10 Å². The molecule has 1 N–H and O–H groups in total. The zero-order valence-corrected chi connectivity index (χ0v) is 12.4. The Kier molecular flexibility index (Phi) is 3.56. The molecule has 1 heterocycles. The summed E-state index contributed by atoms with van der Waals surface area (Å²) in [7, 11) is -1.45. The van der Waals surface area contributed by atoms with Crippen LogP contribution in [0.3, 0.4) is 0 Å². The van der Waals surface area contributed by atoms with Crippen molar-refractivity contribution in [3.05, 3.63) is 35.0 Å². The second kappa shape index (κ2) is 4.83. The Labute approximate surface area is 112 Å². The second-order valence-electron chi connectivity index (χ2n) is 5.23. The molecule has 18 heavy (non-hydrogen) atoms. The maximum absolute atomic E-state index is 9.20. The fraction of sp³-hybridized carbons (Fsp3) is 0.333. The van der Waals surface area contributed by atoms with Crippen molar-refractivity contribution in [2.45, 2.75) is 26.2 Å². The number of nitrogens with zero attached hydrogens (tertiary/aromatic N) is 3. The summed E-state index contributed by atoms with van der Waals surface area (Å²) >= 11 is 5.96. The average molecular weight is 282 g/mol. The van der Waals surface area contributed by atoms with Gasteiger partial charge >= 0.3 is 0 Å². The topological polar surface area (TPSA) is 50.9 Å². The molecule has 0 radical (unpaired) electrons. The van der Waals surface area contributed by atoms with Crippen molar-refractivity contribution < 1.29 is 5.11 Å².